The molecule has 0 atom stereocenters. The molecule has 0 unspecified atom stereocenters. The van der Waals surface area contributed by atoms with Gasteiger partial charge >= 0.3 is 51.4 Å². The van der Waals surface area contributed by atoms with E-state index in [9.17, 15) is 0 Å². The molecule has 0 bridgehead atoms. The standard InChI is InChI=1S/2C4H10O.K.H/c2*1-4(2,3)5;;/h2*5H,1-3H3;;/q;;+1;-1. The maximum Gasteiger partial charge on any atom is 1.00 e. The molecule has 2 N–H and O–H groups in total. The van der Waals surface area contributed by atoms with E-state index in [1.165, 1.54) is 0 Å². The number of hydrogen-bond acceptors (Lipinski definition) is 2. The Bertz CT molecular complexity index is 60.0. The minimum Gasteiger partial charge on any atom is -1.00 e. The van der Waals surface area contributed by atoms with Gasteiger partial charge in [0.25, 0.3) is 0 Å². The Hall–Kier alpha value is 1.56. The van der Waals surface area contributed by atoms with Crippen LogP contribution in [-0.2, 0) is 0 Å². The van der Waals surface area contributed by atoms with Crippen molar-refractivity contribution in [2.45, 2.75) is 52.7 Å². The van der Waals surface area contributed by atoms with E-state index in [4.69, 9.17) is 10.2 Å². The van der Waals surface area contributed by atoms with Gasteiger partial charge in [0.2, 0.25) is 0 Å². The van der Waals surface area contributed by atoms with Crippen LogP contribution in [0.25, 0.3) is 0 Å². The fourth-order valence-electron chi connectivity index (χ4n) is 0. The summed E-state index contributed by atoms with van der Waals surface area (Å²) in [5.41, 5.74) is -1.00. The first kappa shape index (κ1) is 18.4. The Balaban J connectivity index is -0.0000000457. The average Bonchev–Trinajstić information content (AvgIpc) is 1.12. The van der Waals surface area contributed by atoms with Gasteiger partial charge < -0.3 is 11.6 Å². The van der Waals surface area contributed by atoms with Crippen molar-refractivity contribution in [1.82, 2.24) is 0 Å². The monoisotopic (exact) mass is 188 g/mol. The first-order chi connectivity index (χ1) is 4.00. The smallest absolute Gasteiger partial charge is 1.00 e. The molecule has 0 aliphatic rings. The fraction of sp³-hybridized carbons (Fsp3) is 1.00. The Morgan fingerprint density at radius 3 is 0.727 bits per heavy atom. The third-order valence-corrected chi connectivity index (χ3v) is 0. The van der Waals surface area contributed by atoms with Gasteiger partial charge in [-0.2, -0.15) is 0 Å². The van der Waals surface area contributed by atoms with Gasteiger partial charge in [-0.25, -0.2) is 0 Å². The summed E-state index contributed by atoms with van der Waals surface area (Å²) < 4.78 is 0. The van der Waals surface area contributed by atoms with Gasteiger partial charge in [-0.05, 0) is 41.5 Å². The first-order valence-corrected chi connectivity index (χ1v) is 3.45. The number of aliphatic hydroxyl groups is 2. The van der Waals surface area contributed by atoms with E-state index in [0.29, 0.717) is 0 Å². The second-order valence-electron chi connectivity index (χ2n) is 4.34. The van der Waals surface area contributed by atoms with Crippen LogP contribution in [0.2, 0.25) is 0 Å². The van der Waals surface area contributed by atoms with Gasteiger partial charge in [-0.1, -0.05) is 0 Å². The zero-order chi connectivity index (χ0) is 9.00. The van der Waals surface area contributed by atoms with Crippen molar-refractivity contribution in [1.29, 1.82) is 0 Å². The molecule has 0 radical (unpaired) electrons. The third kappa shape index (κ3) is 436. The quantitative estimate of drug-likeness (QED) is 0.463. The number of rotatable bonds is 0. The number of hydrogen-bond donors (Lipinski definition) is 2. The molecule has 3 heteroatoms. The van der Waals surface area contributed by atoms with Crippen molar-refractivity contribution in [3.05, 3.63) is 0 Å². The van der Waals surface area contributed by atoms with Crippen LogP contribution in [0.4, 0.5) is 0 Å². The molecule has 0 spiro atoms. The average molecular weight is 188 g/mol. The topological polar surface area (TPSA) is 40.5 Å². The molecule has 0 saturated carbocycles. The largest absolute Gasteiger partial charge is 1.00 e. The Kier molecular flexibility index (Phi) is 11.7. The molecule has 0 fully saturated rings. The second kappa shape index (κ2) is 7.01. The Morgan fingerprint density at radius 2 is 0.727 bits per heavy atom. The van der Waals surface area contributed by atoms with Crippen LogP contribution in [0.1, 0.15) is 43.0 Å². The van der Waals surface area contributed by atoms with Crippen molar-refractivity contribution in [2.75, 3.05) is 0 Å². The Labute approximate surface area is 114 Å². The van der Waals surface area contributed by atoms with E-state index in [2.05, 4.69) is 0 Å². The molecule has 66 valence electrons. The minimum atomic E-state index is -0.500. The van der Waals surface area contributed by atoms with E-state index in [-0.39, 0.29) is 52.8 Å². The van der Waals surface area contributed by atoms with E-state index in [1.54, 1.807) is 41.5 Å². The minimum absolute atomic E-state index is 0. The molecule has 0 heterocycles. The molecule has 11 heavy (non-hydrogen) atoms. The van der Waals surface area contributed by atoms with Crippen molar-refractivity contribution in [3.63, 3.8) is 0 Å². The molecule has 0 aliphatic carbocycles. The van der Waals surface area contributed by atoms with Gasteiger partial charge in [-0.3, -0.25) is 0 Å². The molecule has 2 nitrogen and oxygen atoms in total. The zero-order valence-electron chi connectivity index (χ0n) is 9.89. The molecule has 0 aromatic heterocycles. The molecular weight excluding hydrogens is 167 g/mol. The van der Waals surface area contributed by atoms with Crippen LogP contribution in [0.15, 0.2) is 0 Å². The van der Waals surface area contributed by atoms with Gasteiger partial charge in [0.1, 0.15) is 0 Å². The SMILES string of the molecule is CC(C)(C)O.CC(C)(C)O.[H-].[K+]. The van der Waals surface area contributed by atoms with Gasteiger partial charge in [0, 0.05) is 0 Å². The maximum absolute atomic E-state index is 8.52. The molecule has 0 aliphatic heterocycles. The molecule has 0 aromatic rings. The molecule has 0 amide bonds. The van der Waals surface area contributed by atoms with Crippen molar-refractivity contribution in [2.24, 2.45) is 0 Å². The van der Waals surface area contributed by atoms with E-state index >= 15 is 0 Å². The molecule has 0 saturated heterocycles. The summed E-state index contributed by atoms with van der Waals surface area (Å²) in [5.74, 6) is 0. The summed E-state index contributed by atoms with van der Waals surface area (Å²) in [6, 6.07) is 0. The van der Waals surface area contributed by atoms with Crippen LogP contribution in [0, 0.1) is 0 Å². The van der Waals surface area contributed by atoms with Crippen LogP contribution in [-0.4, -0.2) is 21.4 Å². The molecule has 0 rings (SSSR count). The summed E-state index contributed by atoms with van der Waals surface area (Å²) in [7, 11) is 0. The summed E-state index contributed by atoms with van der Waals surface area (Å²) >= 11 is 0. The second-order valence-corrected chi connectivity index (χ2v) is 4.34. The summed E-state index contributed by atoms with van der Waals surface area (Å²) in [4.78, 5) is 0. The third-order valence-electron chi connectivity index (χ3n) is 0. The fourth-order valence-corrected chi connectivity index (χ4v) is 0. The van der Waals surface area contributed by atoms with Crippen molar-refractivity contribution in [3.8, 4) is 0 Å². The van der Waals surface area contributed by atoms with E-state index in [0.717, 1.165) is 0 Å². The Morgan fingerprint density at radius 1 is 0.727 bits per heavy atom. The maximum atomic E-state index is 8.52. The normalized spacial score (nSPS) is 10.9. The van der Waals surface area contributed by atoms with Gasteiger partial charge in [0.05, 0.1) is 11.2 Å². The van der Waals surface area contributed by atoms with Gasteiger partial charge in [-0.15, -0.1) is 0 Å². The van der Waals surface area contributed by atoms with Crippen molar-refractivity contribution >= 4 is 0 Å². The van der Waals surface area contributed by atoms with Crippen LogP contribution >= 0.6 is 0 Å². The zero-order valence-corrected chi connectivity index (χ0v) is 12.0. The predicted molar refractivity (Wildman–Crippen MR) is 45.1 cm³/mol. The first-order valence-electron chi connectivity index (χ1n) is 3.45. The predicted octanol–water partition coefficient (Wildman–Crippen LogP) is -1.33. The van der Waals surface area contributed by atoms with E-state index < -0.39 is 11.2 Å². The van der Waals surface area contributed by atoms with Crippen molar-refractivity contribution < 1.29 is 63.0 Å². The van der Waals surface area contributed by atoms with Crippen LogP contribution < -0.4 is 51.4 Å². The summed E-state index contributed by atoms with van der Waals surface area (Å²) in [5, 5.41) is 17.0. The molecular formula is C8H21KO2. The van der Waals surface area contributed by atoms with Gasteiger partial charge in [0.15, 0.2) is 0 Å². The van der Waals surface area contributed by atoms with E-state index in [1.807, 2.05) is 0 Å². The summed E-state index contributed by atoms with van der Waals surface area (Å²) in [6.07, 6.45) is 0. The van der Waals surface area contributed by atoms with Crippen LogP contribution in [0.5, 0.6) is 0 Å². The summed E-state index contributed by atoms with van der Waals surface area (Å²) in [6.45, 7) is 10.5. The molecule has 0 aromatic carbocycles. The van der Waals surface area contributed by atoms with Crippen LogP contribution in [0.3, 0.4) is 0 Å².